The highest BCUT2D eigenvalue weighted by Gasteiger charge is 2.58. The van der Waals surface area contributed by atoms with Gasteiger partial charge in [0.15, 0.2) is 5.82 Å². The van der Waals surface area contributed by atoms with E-state index in [4.69, 9.17) is 9.72 Å². The maximum atomic E-state index is 12.3. The van der Waals surface area contributed by atoms with E-state index >= 15 is 0 Å². The van der Waals surface area contributed by atoms with Crippen molar-refractivity contribution in [3.8, 4) is 11.4 Å². The van der Waals surface area contributed by atoms with E-state index in [9.17, 15) is 4.79 Å². The minimum Gasteiger partial charge on any atom is -0.461 e. The van der Waals surface area contributed by atoms with Gasteiger partial charge in [0, 0.05) is 29.5 Å². The van der Waals surface area contributed by atoms with E-state index < -0.39 is 0 Å². The maximum absolute atomic E-state index is 12.3. The Balaban J connectivity index is 1.57. The van der Waals surface area contributed by atoms with Crippen LogP contribution in [0.4, 0.5) is 0 Å². The van der Waals surface area contributed by atoms with Gasteiger partial charge in [-0.2, -0.15) is 0 Å². The Morgan fingerprint density at radius 3 is 2.70 bits per heavy atom. The molecule has 0 amide bonds. The number of hydrogen-bond donors (Lipinski definition) is 0. The standard InChI is InChI=1S/C23H26N2O2/c1-13-17-9-10-23(3)11-16-12-24-21(15-7-5-4-6-8-15)25-19(16)14(2)18(23)20(17)27-22(13)26/h4-8,12-14,17-18,20H,9-11H2,1-3H3/t13-,14+,17+,18-,20+,23+/m0/s1. The van der Waals surface area contributed by atoms with E-state index in [1.807, 2.05) is 31.3 Å². The molecule has 1 saturated carbocycles. The Bertz CT molecular complexity index is 897. The molecule has 140 valence electrons. The number of carbonyl (C=O) groups is 1. The molecule has 0 spiro atoms. The van der Waals surface area contributed by atoms with Crippen molar-refractivity contribution in [3.63, 3.8) is 0 Å². The Labute approximate surface area is 160 Å². The predicted octanol–water partition coefficient (Wildman–Crippen LogP) is 4.40. The molecular formula is C23H26N2O2. The molecule has 2 aromatic rings. The van der Waals surface area contributed by atoms with Gasteiger partial charge in [0.25, 0.3) is 0 Å². The van der Waals surface area contributed by atoms with Gasteiger partial charge in [-0.25, -0.2) is 9.97 Å². The lowest BCUT2D eigenvalue weighted by Gasteiger charge is -2.52. The highest BCUT2D eigenvalue weighted by Crippen LogP contribution is 2.58. The van der Waals surface area contributed by atoms with E-state index in [2.05, 4.69) is 31.0 Å². The SMILES string of the molecule is C[C@@H]1C(=O)O[C@@H]2[C@@H]1CC[C@]1(C)Cc3cnc(-c4ccccc4)nc3[C@H](C)[C@@H]21. The fraction of sp³-hybridized carbons (Fsp3) is 0.522. The van der Waals surface area contributed by atoms with Crippen LogP contribution in [0.5, 0.6) is 0 Å². The molecule has 1 aliphatic heterocycles. The molecule has 1 saturated heterocycles. The first kappa shape index (κ1) is 16.9. The van der Waals surface area contributed by atoms with Gasteiger partial charge in [-0.05, 0) is 30.2 Å². The van der Waals surface area contributed by atoms with Crippen molar-refractivity contribution in [3.05, 3.63) is 47.8 Å². The molecule has 0 radical (unpaired) electrons. The average molecular weight is 362 g/mol. The maximum Gasteiger partial charge on any atom is 0.309 e. The minimum atomic E-state index is -0.0140. The Kier molecular flexibility index (Phi) is 3.68. The third-order valence-corrected chi connectivity index (χ3v) is 7.39. The summed E-state index contributed by atoms with van der Waals surface area (Å²) in [7, 11) is 0. The van der Waals surface area contributed by atoms with Crippen LogP contribution in [0.2, 0.25) is 0 Å². The topological polar surface area (TPSA) is 52.1 Å². The molecule has 0 N–H and O–H groups in total. The summed E-state index contributed by atoms with van der Waals surface area (Å²) in [5.41, 5.74) is 3.60. The van der Waals surface area contributed by atoms with E-state index in [1.165, 1.54) is 5.56 Å². The van der Waals surface area contributed by atoms with Crippen LogP contribution < -0.4 is 0 Å². The van der Waals surface area contributed by atoms with Gasteiger partial charge < -0.3 is 4.74 Å². The Hall–Kier alpha value is -2.23. The van der Waals surface area contributed by atoms with Crippen LogP contribution in [0.3, 0.4) is 0 Å². The second-order valence-corrected chi connectivity index (χ2v) is 9.01. The molecule has 2 heterocycles. The molecule has 1 aromatic carbocycles. The fourth-order valence-corrected chi connectivity index (χ4v) is 5.98. The van der Waals surface area contributed by atoms with Crippen LogP contribution in [0.1, 0.15) is 50.8 Å². The number of aromatic nitrogens is 2. The second kappa shape index (κ2) is 5.88. The molecule has 2 fully saturated rings. The van der Waals surface area contributed by atoms with E-state index in [0.717, 1.165) is 36.3 Å². The summed E-state index contributed by atoms with van der Waals surface area (Å²) < 4.78 is 5.93. The predicted molar refractivity (Wildman–Crippen MR) is 103 cm³/mol. The number of rotatable bonds is 1. The summed E-state index contributed by atoms with van der Waals surface area (Å²) >= 11 is 0. The first-order valence-electron chi connectivity index (χ1n) is 10.1. The number of hydrogen-bond acceptors (Lipinski definition) is 4. The van der Waals surface area contributed by atoms with Crippen molar-refractivity contribution in [2.45, 2.75) is 52.1 Å². The summed E-state index contributed by atoms with van der Waals surface area (Å²) in [4.78, 5) is 21.9. The van der Waals surface area contributed by atoms with Gasteiger partial charge in [0.05, 0.1) is 11.6 Å². The molecule has 0 bridgehead atoms. The number of benzene rings is 1. The van der Waals surface area contributed by atoms with Crippen molar-refractivity contribution < 1.29 is 9.53 Å². The van der Waals surface area contributed by atoms with Gasteiger partial charge >= 0.3 is 5.97 Å². The van der Waals surface area contributed by atoms with Crippen molar-refractivity contribution in [2.24, 2.45) is 23.2 Å². The van der Waals surface area contributed by atoms with Crippen molar-refractivity contribution in [2.75, 3.05) is 0 Å². The highest BCUT2D eigenvalue weighted by molar-refractivity contribution is 5.75. The van der Waals surface area contributed by atoms with Crippen LogP contribution >= 0.6 is 0 Å². The van der Waals surface area contributed by atoms with Crippen molar-refractivity contribution in [1.29, 1.82) is 0 Å². The smallest absolute Gasteiger partial charge is 0.309 e. The molecule has 6 atom stereocenters. The zero-order valence-corrected chi connectivity index (χ0v) is 16.2. The average Bonchev–Trinajstić information content (AvgIpc) is 2.95. The zero-order valence-electron chi connectivity index (χ0n) is 16.2. The molecule has 4 nitrogen and oxygen atoms in total. The van der Waals surface area contributed by atoms with Gasteiger partial charge in [0.2, 0.25) is 0 Å². The molecule has 3 aliphatic rings. The first-order valence-corrected chi connectivity index (χ1v) is 10.1. The van der Waals surface area contributed by atoms with Crippen LogP contribution in [0.15, 0.2) is 36.5 Å². The lowest BCUT2D eigenvalue weighted by atomic mass is 9.53. The van der Waals surface area contributed by atoms with Gasteiger partial charge in [-0.1, -0.05) is 51.1 Å². The normalized spacial score (nSPS) is 37.1. The molecule has 4 heteroatoms. The number of carbonyl (C=O) groups excluding carboxylic acids is 1. The molecule has 27 heavy (non-hydrogen) atoms. The molecule has 1 aromatic heterocycles. The van der Waals surface area contributed by atoms with Crippen molar-refractivity contribution in [1.82, 2.24) is 9.97 Å². The number of fused-ring (bicyclic) bond motifs is 4. The van der Waals surface area contributed by atoms with Gasteiger partial charge in [-0.3, -0.25) is 4.79 Å². The van der Waals surface area contributed by atoms with E-state index in [0.29, 0.717) is 11.8 Å². The summed E-state index contributed by atoms with van der Waals surface area (Å²) in [6, 6.07) is 10.1. The third kappa shape index (κ3) is 2.45. The van der Waals surface area contributed by atoms with Gasteiger partial charge in [-0.15, -0.1) is 0 Å². The fourth-order valence-electron chi connectivity index (χ4n) is 5.98. The van der Waals surface area contributed by atoms with Crippen LogP contribution in [-0.2, 0) is 16.0 Å². The number of ether oxygens (including phenoxy) is 1. The van der Waals surface area contributed by atoms with Crippen LogP contribution in [-0.4, -0.2) is 22.0 Å². The highest BCUT2D eigenvalue weighted by atomic mass is 16.6. The van der Waals surface area contributed by atoms with E-state index in [-0.39, 0.29) is 29.3 Å². The van der Waals surface area contributed by atoms with Crippen LogP contribution in [0, 0.1) is 23.2 Å². The molecule has 2 aliphatic carbocycles. The van der Waals surface area contributed by atoms with Crippen LogP contribution in [0.25, 0.3) is 11.4 Å². The summed E-state index contributed by atoms with van der Waals surface area (Å²) in [5.74, 6) is 1.74. The summed E-state index contributed by atoms with van der Waals surface area (Å²) in [6.07, 6.45) is 5.25. The zero-order chi connectivity index (χ0) is 18.8. The lowest BCUT2D eigenvalue weighted by Crippen LogP contribution is -2.50. The molecule has 5 rings (SSSR count). The van der Waals surface area contributed by atoms with E-state index in [1.54, 1.807) is 0 Å². The summed E-state index contributed by atoms with van der Waals surface area (Å²) in [6.45, 7) is 6.67. The summed E-state index contributed by atoms with van der Waals surface area (Å²) in [5, 5.41) is 0. The van der Waals surface area contributed by atoms with Crippen molar-refractivity contribution >= 4 is 5.97 Å². The third-order valence-electron chi connectivity index (χ3n) is 7.39. The lowest BCUT2D eigenvalue weighted by molar-refractivity contribution is -0.149. The Morgan fingerprint density at radius 2 is 1.93 bits per heavy atom. The number of nitrogens with zero attached hydrogens (tertiary/aromatic N) is 2. The molecular weight excluding hydrogens is 336 g/mol. The quantitative estimate of drug-likeness (QED) is 0.706. The first-order chi connectivity index (χ1) is 13.0. The number of esters is 1. The minimum absolute atomic E-state index is 0.0140. The second-order valence-electron chi connectivity index (χ2n) is 9.01. The molecule has 0 unspecified atom stereocenters. The Morgan fingerprint density at radius 1 is 1.15 bits per heavy atom. The largest absolute Gasteiger partial charge is 0.461 e. The monoisotopic (exact) mass is 362 g/mol. The van der Waals surface area contributed by atoms with Gasteiger partial charge in [0.1, 0.15) is 6.10 Å².